The number of ether oxygens (including phenoxy) is 2. The number of amides is 1. The van der Waals surface area contributed by atoms with Crippen LogP contribution in [0.25, 0.3) is 0 Å². The summed E-state index contributed by atoms with van der Waals surface area (Å²) in [5.41, 5.74) is -0.333. The van der Waals surface area contributed by atoms with Crippen LogP contribution >= 0.6 is 0 Å². The second-order valence-electron chi connectivity index (χ2n) is 6.43. The van der Waals surface area contributed by atoms with Crippen molar-refractivity contribution in [2.45, 2.75) is 25.4 Å². The lowest BCUT2D eigenvalue weighted by Crippen LogP contribution is -2.46. The molecule has 7 heteroatoms. The monoisotopic (exact) mass is 377 g/mol. The SMILES string of the molecule is COC(=O)C(CNC(=O)C(C)(C)c1ccc(F)cc1)Oc1ccc(F)cc1. The Kier molecular flexibility index (Phi) is 6.50. The number of hydrogen-bond acceptors (Lipinski definition) is 4. The second-order valence-corrected chi connectivity index (χ2v) is 6.43. The summed E-state index contributed by atoms with van der Waals surface area (Å²) in [6, 6.07) is 10.7. The third kappa shape index (κ3) is 5.26. The van der Waals surface area contributed by atoms with Crippen LogP contribution in [0.3, 0.4) is 0 Å². The molecule has 0 aromatic heterocycles. The molecule has 0 aliphatic heterocycles. The van der Waals surface area contributed by atoms with Crippen molar-refractivity contribution in [2.24, 2.45) is 0 Å². The number of rotatable bonds is 7. The molecule has 0 radical (unpaired) electrons. The van der Waals surface area contributed by atoms with Crippen LogP contribution in [0.1, 0.15) is 19.4 Å². The Hall–Kier alpha value is -2.96. The maximum Gasteiger partial charge on any atom is 0.348 e. The van der Waals surface area contributed by atoms with Crippen LogP contribution in [0.4, 0.5) is 8.78 Å². The Bertz CT molecular complexity index is 789. The van der Waals surface area contributed by atoms with Gasteiger partial charge in [0.25, 0.3) is 0 Å². The molecule has 0 bridgehead atoms. The standard InChI is InChI=1S/C20H21F2NO4/c1-20(2,13-4-6-14(21)7-5-13)19(25)23-12-17(18(24)26-3)27-16-10-8-15(22)9-11-16/h4-11,17H,12H2,1-3H3,(H,23,25). The van der Waals surface area contributed by atoms with Crippen molar-refractivity contribution in [1.29, 1.82) is 0 Å². The van der Waals surface area contributed by atoms with Gasteiger partial charge in [-0.3, -0.25) is 4.79 Å². The van der Waals surface area contributed by atoms with Gasteiger partial charge in [-0.25, -0.2) is 13.6 Å². The molecule has 2 aromatic carbocycles. The van der Waals surface area contributed by atoms with Gasteiger partial charge in [-0.1, -0.05) is 12.1 Å². The van der Waals surface area contributed by atoms with E-state index < -0.39 is 29.1 Å². The van der Waals surface area contributed by atoms with Crippen molar-refractivity contribution in [3.63, 3.8) is 0 Å². The molecule has 27 heavy (non-hydrogen) atoms. The molecule has 1 unspecified atom stereocenters. The van der Waals surface area contributed by atoms with Crippen LogP contribution in [0, 0.1) is 11.6 Å². The van der Waals surface area contributed by atoms with Crippen LogP contribution in [-0.4, -0.2) is 31.6 Å². The van der Waals surface area contributed by atoms with Crippen LogP contribution in [0.2, 0.25) is 0 Å². The average Bonchev–Trinajstić information content (AvgIpc) is 2.66. The average molecular weight is 377 g/mol. The minimum absolute atomic E-state index is 0.145. The fraction of sp³-hybridized carbons (Fsp3) is 0.300. The predicted octanol–water partition coefficient (Wildman–Crippen LogP) is 2.98. The minimum Gasteiger partial charge on any atom is -0.477 e. The van der Waals surface area contributed by atoms with Gasteiger partial charge >= 0.3 is 5.97 Å². The molecule has 1 N–H and O–H groups in total. The molecule has 2 aromatic rings. The molecule has 0 heterocycles. The van der Waals surface area contributed by atoms with Crippen molar-refractivity contribution in [1.82, 2.24) is 5.32 Å². The number of nitrogens with one attached hydrogen (secondary N) is 1. The van der Waals surface area contributed by atoms with E-state index >= 15 is 0 Å². The summed E-state index contributed by atoms with van der Waals surface area (Å²) in [6.07, 6.45) is -1.10. The molecule has 144 valence electrons. The molecule has 1 atom stereocenters. The molecule has 0 aliphatic carbocycles. The highest BCUT2D eigenvalue weighted by Crippen LogP contribution is 2.23. The van der Waals surface area contributed by atoms with Gasteiger partial charge in [0.15, 0.2) is 0 Å². The lowest BCUT2D eigenvalue weighted by molar-refractivity contribution is -0.148. The predicted molar refractivity (Wildman–Crippen MR) is 95.3 cm³/mol. The molecule has 2 rings (SSSR count). The number of carbonyl (C=O) groups is 2. The highest BCUT2D eigenvalue weighted by atomic mass is 19.1. The zero-order valence-electron chi connectivity index (χ0n) is 15.3. The first-order valence-electron chi connectivity index (χ1n) is 8.28. The number of halogens is 2. The van der Waals surface area contributed by atoms with Gasteiger partial charge in [0.05, 0.1) is 19.1 Å². The van der Waals surface area contributed by atoms with Crippen molar-refractivity contribution >= 4 is 11.9 Å². The molecule has 5 nitrogen and oxygen atoms in total. The van der Waals surface area contributed by atoms with E-state index in [1.54, 1.807) is 13.8 Å². The Morgan fingerprint density at radius 2 is 1.52 bits per heavy atom. The molecule has 0 fully saturated rings. The van der Waals surface area contributed by atoms with Gasteiger partial charge in [-0.2, -0.15) is 0 Å². The largest absolute Gasteiger partial charge is 0.477 e. The maximum absolute atomic E-state index is 13.1. The summed E-state index contributed by atoms with van der Waals surface area (Å²) < 4.78 is 36.3. The molecule has 0 spiro atoms. The summed E-state index contributed by atoms with van der Waals surface area (Å²) in [6.45, 7) is 3.22. The third-order valence-corrected chi connectivity index (χ3v) is 4.14. The van der Waals surface area contributed by atoms with Crippen LogP contribution in [0.15, 0.2) is 48.5 Å². The molecular formula is C20H21F2NO4. The number of benzene rings is 2. The zero-order valence-corrected chi connectivity index (χ0v) is 15.3. The van der Waals surface area contributed by atoms with E-state index in [0.717, 1.165) is 0 Å². The van der Waals surface area contributed by atoms with Crippen molar-refractivity contribution < 1.29 is 27.8 Å². The van der Waals surface area contributed by atoms with Crippen molar-refractivity contribution in [2.75, 3.05) is 13.7 Å². The van der Waals surface area contributed by atoms with Crippen LogP contribution in [-0.2, 0) is 19.7 Å². The van der Waals surface area contributed by atoms with Gasteiger partial charge in [0.2, 0.25) is 12.0 Å². The van der Waals surface area contributed by atoms with E-state index in [1.165, 1.54) is 55.6 Å². The molecule has 0 saturated heterocycles. The minimum atomic E-state index is -1.10. The fourth-order valence-electron chi connectivity index (χ4n) is 2.39. The van der Waals surface area contributed by atoms with Crippen LogP contribution in [0.5, 0.6) is 5.75 Å². The van der Waals surface area contributed by atoms with Gasteiger partial charge in [-0.05, 0) is 55.8 Å². The smallest absolute Gasteiger partial charge is 0.348 e. The Labute approximate surface area is 156 Å². The van der Waals surface area contributed by atoms with E-state index in [-0.39, 0.29) is 18.2 Å². The van der Waals surface area contributed by atoms with E-state index in [4.69, 9.17) is 9.47 Å². The highest BCUT2D eigenvalue weighted by Gasteiger charge is 2.31. The Morgan fingerprint density at radius 1 is 1.00 bits per heavy atom. The number of esters is 1. The normalized spacial score (nSPS) is 12.2. The maximum atomic E-state index is 13.1. The number of carbonyl (C=O) groups excluding carboxylic acids is 2. The highest BCUT2D eigenvalue weighted by molar-refractivity contribution is 5.88. The Morgan fingerprint density at radius 3 is 2.04 bits per heavy atom. The fourth-order valence-corrected chi connectivity index (χ4v) is 2.39. The van der Waals surface area contributed by atoms with E-state index in [1.807, 2.05) is 0 Å². The van der Waals surface area contributed by atoms with Crippen LogP contribution < -0.4 is 10.1 Å². The number of hydrogen-bond donors (Lipinski definition) is 1. The first kappa shape index (κ1) is 20.4. The third-order valence-electron chi connectivity index (χ3n) is 4.14. The summed E-state index contributed by atoms with van der Waals surface area (Å²) >= 11 is 0. The summed E-state index contributed by atoms with van der Waals surface area (Å²) in [7, 11) is 1.20. The molecular weight excluding hydrogens is 356 g/mol. The Balaban J connectivity index is 2.06. The van der Waals surface area contributed by atoms with Crippen molar-refractivity contribution in [3.05, 3.63) is 65.7 Å². The molecule has 0 aliphatic rings. The van der Waals surface area contributed by atoms with Gasteiger partial charge in [0.1, 0.15) is 17.4 Å². The first-order valence-corrected chi connectivity index (χ1v) is 8.28. The summed E-state index contributed by atoms with van der Waals surface area (Å²) in [5, 5.41) is 2.65. The lowest BCUT2D eigenvalue weighted by atomic mass is 9.83. The topological polar surface area (TPSA) is 64.6 Å². The van der Waals surface area contributed by atoms with E-state index in [2.05, 4.69) is 5.32 Å². The van der Waals surface area contributed by atoms with Gasteiger partial charge < -0.3 is 14.8 Å². The second kappa shape index (κ2) is 8.62. The van der Waals surface area contributed by atoms with Gasteiger partial charge in [-0.15, -0.1) is 0 Å². The lowest BCUT2D eigenvalue weighted by Gasteiger charge is -2.25. The first-order chi connectivity index (χ1) is 12.7. The molecule has 0 saturated carbocycles. The number of methoxy groups -OCH3 is 1. The quantitative estimate of drug-likeness (QED) is 0.754. The summed E-state index contributed by atoms with van der Waals surface area (Å²) in [5.74, 6) is -1.62. The van der Waals surface area contributed by atoms with E-state index in [9.17, 15) is 18.4 Å². The van der Waals surface area contributed by atoms with Crippen molar-refractivity contribution in [3.8, 4) is 5.75 Å². The summed E-state index contributed by atoms with van der Waals surface area (Å²) in [4.78, 5) is 24.5. The van der Waals surface area contributed by atoms with E-state index in [0.29, 0.717) is 5.56 Å². The molecule has 1 amide bonds. The zero-order chi connectivity index (χ0) is 20.0. The van der Waals surface area contributed by atoms with Gasteiger partial charge in [0, 0.05) is 0 Å².